The van der Waals surface area contributed by atoms with E-state index in [9.17, 15) is 19.2 Å². The molecule has 3 N–H and O–H groups in total. The van der Waals surface area contributed by atoms with E-state index >= 15 is 0 Å². The summed E-state index contributed by atoms with van der Waals surface area (Å²) in [6.07, 6.45) is 0. The molecule has 8 heteroatoms. The van der Waals surface area contributed by atoms with E-state index in [-0.39, 0.29) is 6.54 Å². The molecule has 0 aromatic heterocycles. The van der Waals surface area contributed by atoms with Crippen LogP contribution in [0.15, 0.2) is 24.3 Å². The number of esters is 1. The molecule has 0 aliphatic rings. The summed E-state index contributed by atoms with van der Waals surface area (Å²) in [6, 6.07) is 6.20. The van der Waals surface area contributed by atoms with E-state index in [1.54, 1.807) is 39.0 Å². The van der Waals surface area contributed by atoms with Crippen molar-refractivity contribution in [1.29, 1.82) is 0 Å². The first-order valence-electron chi connectivity index (χ1n) is 7.69. The maximum Gasteiger partial charge on any atom is 0.325 e. The molecule has 136 valence electrons. The molecule has 1 aromatic carbocycles. The maximum absolute atomic E-state index is 11.9. The first-order chi connectivity index (χ1) is 11.6. The van der Waals surface area contributed by atoms with Gasteiger partial charge in [0.1, 0.15) is 6.54 Å². The number of benzene rings is 1. The summed E-state index contributed by atoms with van der Waals surface area (Å²) in [5.41, 5.74) is 0.839. The smallest absolute Gasteiger partial charge is 0.325 e. The molecule has 0 unspecified atom stereocenters. The predicted molar refractivity (Wildman–Crippen MR) is 90.9 cm³/mol. The Balaban J connectivity index is 2.31. The van der Waals surface area contributed by atoms with E-state index < -0.39 is 36.0 Å². The van der Waals surface area contributed by atoms with E-state index in [0.717, 1.165) is 5.56 Å². The van der Waals surface area contributed by atoms with Crippen LogP contribution in [0.5, 0.6) is 0 Å². The molecule has 0 radical (unpaired) electrons. The van der Waals surface area contributed by atoms with E-state index in [4.69, 9.17) is 4.74 Å². The summed E-state index contributed by atoms with van der Waals surface area (Å²) in [5.74, 6) is -1.97. The van der Waals surface area contributed by atoms with Crippen LogP contribution in [0.2, 0.25) is 0 Å². The lowest BCUT2D eigenvalue weighted by Crippen LogP contribution is -2.49. The molecule has 1 rings (SSSR count). The quantitative estimate of drug-likeness (QED) is 0.683. The number of aryl methyl sites for hydroxylation is 1. The molecule has 0 saturated carbocycles. The Morgan fingerprint density at radius 3 is 2.40 bits per heavy atom. The van der Waals surface area contributed by atoms with Crippen LogP contribution in [-0.2, 0) is 14.3 Å². The van der Waals surface area contributed by atoms with Crippen molar-refractivity contribution >= 4 is 23.8 Å². The summed E-state index contributed by atoms with van der Waals surface area (Å²) >= 11 is 0. The summed E-state index contributed by atoms with van der Waals surface area (Å²) in [5, 5.41) is 6.96. The number of imide groups is 1. The van der Waals surface area contributed by atoms with E-state index in [1.807, 2.05) is 18.3 Å². The number of hydrogen-bond acceptors (Lipinski definition) is 5. The van der Waals surface area contributed by atoms with E-state index in [2.05, 4.69) is 10.6 Å². The molecule has 8 nitrogen and oxygen atoms in total. The zero-order valence-electron chi connectivity index (χ0n) is 14.8. The topological polar surface area (TPSA) is 114 Å². The molecular weight excluding hydrogens is 326 g/mol. The van der Waals surface area contributed by atoms with Gasteiger partial charge in [0, 0.05) is 11.1 Å². The Morgan fingerprint density at radius 1 is 1.12 bits per heavy atom. The second-order valence-corrected chi connectivity index (χ2v) is 6.47. The van der Waals surface area contributed by atoms with Crippen molar-refractivity contribution in [3.63, 3.8) is 0 Å². The van der Waals surface area contributed by atoms with Crippen LogP contribution in [-0.4, -0.2) is 42.5 Å². The summed E-state index contributed by atoms with van der Waals surface area (Å²) < 4.78 is 4.70. The second kappa shape index (κ2) is 8.81. The fourth-order valence-corrected chi connectivity index (χ4v) is 1.77. The summed E-state index contributed by atoms with van der Waals surface area (Å²) in [4.78, 5) is 46.4. The van der Waals surface area contributed by atoms with Gasteiger partial charge in [-0.25, -0.2) is 4.79 Å². The highest BCUT2D eigenvalue weighted by atomic mass is 16.5. The SMILES string of the molecule is Cc1cccc(C(=O)NCC(=O)OCC(=O)NC(=O)NC(C)(C)C)c1. The van der Waals surface area contributed by atoms with Crippen molar-refractivity contribution in [3.8, 4) is 0 Å². The molecule has 0 saturated heterocycles. The highest BCUT2D eigenvalue weighted by Gasteiger charge is 2.16. The number of amides is 4. The van der Waals surface area contributed by atoms with Gasteiger partial charge in [-0.15, -0.1) is 0 Å². The van der Waals surface area contributed by atoms with Crippen LogP contribution < -0.4 is 16.0 Å². The Labute approximate surface area is 146 Å². The zero-order valence-corrected chi connectivity index (χ0v) is 14.8. The van der Waals surface area contributed by atoms with Gasteiger partial charge in [0.05, 0.1) is 0 Å². The lowest BCUT2D eigenvalue weighted by Gasteiger charge is -2.20. The van der Waals surface area contributed by atoms with Crippen molar-refractivity contribution in [1.82, 2.24) is 16.0 Å². The van der Waals surface area contributed by atoms with Crippen LogP contribution in [0.1, 0.15) is 36.7 Å². The van der Waals surface area contributed by atoms with Gasteiger partial charge in [0.25, 0.3) is 11.8 Å². The fraction of sp³-hybridized carbons (Fsp3) is 0.412. The molecule has 1 aromatic rings. The molecule has 25 heavy (non-hydrogen) atoms. The van der Waals surface area contributed by atoms with Crippen molar-refractivity contribution in [2.75, 3.05) is 13.2 Å². The molecule has 0 atom stereocenters. The number of ether oxygens (including phenoxy) is 1. The van der Waals surface area contributed by atoms with Gasteiger partial charge in [-0.3, -0.25) is 19.7 Å². The average Bonchev–Trinajstić information content (AvgIpc) is 2.48. The molecule has 0 aliphatic heterocycles. The van der Waals surface area contributed by atoms with Gasteiger partial charge in [-0.1, -0.05) is 17.7 Å². The van der Waals surface area contributed by atoms with Crippen molar-refractivity contribution in [3.05, 3.63) is 35.4 Å². The van der Waals surface area contributed by atoms with Crippen LogP contribution in [0.25, 0.3) is 0 Å². The van der Waals surface area contributed by atoms with Gasteiger partial charge in [-0.2, -0.15) is 0 Å². The van der Waals surface area contributed by atoms with Crippen LogP contribution in [0, 0.1) is 6.92 Å². The third kappa shape index (κ3) is 8.50. The van der Waals surface area contributed by atoms with Gasteiger partial charge in [0.15, 0.2) is 6.61 Å². The van der Waals surface area contributed by atoms with Crippen LogP contribution >= 0.6 is 0 Å². The molecule has 4 amide bonds. The normalized spacial score (nSPS) is 10.6. The third-order valence-corrected chi connectivity index (χ3v) is 2.78. The Kier molecular flexibility index (Phi) is 7.10. The third-order valence-electron chi connectivity index (χ3n) is 2.78. The number of carbonyl (C=O) groups is 4. The number of nitrogens with one attached hydrogen (secondary N) is 3. The number of rotatable bonds is 5. The summed E-state index contributed by atoms with van der Waals surface area (Å²) in [7, 11) is 0. The first-order valence-corrected chi connectivity index (χ1v) is 7.69. The minimum atomic E-state index is -0.785. The Hall–Kier alpha value is -2.90. The highest BCUT2D eigenvalue weighted by Crippen LogP contribution is 2.03. The zero-order chi connectivity index (χ0) is 19.0. The lowest BCUT2D eigenvalue weighted by molar-refractivity contribution is -0.147. The Morgan fingerprint density at radius 2 is 1.80 bits per heavy atom. The Bertz CT molecular complexity index is 664. The molecular formula is C17H23N3O5. The predicted octanol–water partition coefficient (Wildman–Crippen LogP) is 0.892. The van der Waals surface area contributed by atoms with Crippen molar-refractivity contribution < 1.29 is 23.9 Å². The number of carbonyl (C=O) groups excluding carboxylic acids is 4. The molecule has 0 spiro atoms. The van der Waals surface area contributed by atoms with Crippen LogP contribution in [0.4, 0.5) is 4.79 Å². The average molecular weight is 349 g/mol. The largest absolute Gasteiger partial charge is 0.454 e. The van der Waals surface area contributed by atoms with Crippen LogP contribution in [0.3, 0.4) is 0 Å². The molecule has 0 aliphatic carbocycles. The van der Waals surface area contributed by atoms with Crippen molar-refractivity contribution in [2.45, 2.75) is 33.2 Å². The molecule has 0 fully saturated rings. The monoisotopic (exact) mass is 349 g/mol. The fourth-order valence-electron chi connectivity index (χ4n) is 1.77. The molecule has 0 bridgehead atoms. The first kappa shape index (κ1) is 20.1. The minimum absolute atomic E-state index is 0.381. The van der Waals surface area contributed by atoms with E-state index in [0.29, 0.717) is 5.56 Å². The molecule has 0 heterocycles. The van der Waals surface area contributed by atoms with Gasteiger partial charge in [0.2, 0.25) is 0 Å². The number of urea groups is 1. The van der Waals surface area contributed by atoms with Crippen molar-refractivity contribution in [2.24, 2.45) is 0 Å². The highest BCUT2D eigenvalue weighted by molar-refractivity contribution is 5.97. The second-order valence-electron chi connectivity index (χ2n) is 6.47. The van der Waals surface area contributed by atoms with Gasteiger partial charge >= 0.3 is 12.0 Å². The maximum atomic E-state index is 11.9. The van der Waals surface area contributed by atoms with E-state index in [1.165, 1.54) is 0 Å². The standard InChI is InChI=1S/C17H23N3O5/c1-11-6-5-7-12(8-11)15(23)18-9-14(22)25-10-13(21)19-16(24)20-17(2,3)4/h5-8H,9-10H2,1-4H3,(H,18,23)(H2,19,20,21,24). The van der Waals surface area contributed by atoms with Gasteiger partial charge < -0.3 is 15.4 Å². The lowest BCUT2D eigenvalue weighted by atomic mass is 10.1. The number of hydrogen-bond donors (Lipinski definition) is 3. The minimum Gasteiger partial charge on any atom is -0.454 e. The van der Waals surface area contributed by atoms with Gasteiger partial charge in [-0.05, 0) is 39.8 Å². The summed E-state index contributed by atoms with van der Waals surface area (Å²) in [6.45, 7) is 6.13.